The summed E-state index contributed by atoms with van der Waals surface area (Å²) in [5.41, 5.74) is -1.71. The number of halogens is 8. The first-order valence-electron chi connectivity index (χ1n) is 40.4. The third-order valence-corrected chi connectivity index (χ3v) is 25.2. The van der Waals surface area contributed by atoms with Gasteiger partial charge in [-0.1, -0.05) is 46.0 Å². The van der Waals surface area contributed by atoms with E-state index in [0.29, 0.717) is 57.8 Å². The van der Waals surface area contributed by atoms with Crippen LogP contribution in [-0.2, 0) is 71.7 Å². The van der Waals surface area contributed by atoms with E-state index >= 15 is 47.1 Å². The molecular formula is C77H120F8N12O15. The molecule has 112 heavy (non-hydrogen) atoms. The lowest BCUT2D eigenvalue weighted by molar-refractivity contribution is -0.219. The van der Waals surface area contributed by atoms with Gasteiger partial charge in [0.2, 0.25) is 70.9 Å². The topological polar surface area (TPSA) is 298 Å². The number of likely N-dealkylation sites (N-methyl/N-ethyl adjacent to an activating group) is 6. The normalized spacial score (nSPS) is 31.9. The predicted molar refractivity (Wildman–Crippen MR) is 392 cm³/mol. The van der Waals surface area contributed by atoms with E-state index in [1.54, 1.807) is 27.7 Å². The molecule has 8 fully saturated rings. The molecule has 2 bridgehead atoms. The molecule has 4 saturated carbocycles. The maximum absolute atomic E-state index is 16.0. The van der Waals surface area contributed by atoms with Gasteiger partial charge in [0.15, 0.2) is 0 Å². The van der Waals surface area contributed by atoms with Crippen molar-refractivity contribution in [3.8, 4) is 0 Å². The lowest BCUT2D eigenvalue weighted by Gasteiger charge is -2.47. The Labute approximate surface area is 652 Å². The van der Waals surface area contributed by atoms with Crippen molar-refractivity contribution in [3.63, 3.8) is 0 Å². The Morgan fingerprint density at radius 3 is 1.83 bits per heavy atom. The molecule has 3 N–H and O–H groups in total. The number of nitrogens with one attached hydrogen (secondary N) is 3. The van der Waals surface area contributed by atoms with E-state index in [-0.39, 0.29) is 130 Å². The highest BCUT2D eigenvalue weighted by Gasteiger charge is 2.57. The van der Waals surface area contributed by atoms with Crippen LogP contribution in [0.4, 0.5) is 35.1 Å². The van der Waals surface area contributed by atoms with Gasteiger partial charge in [-0.2, -0.15) is 26.3 Å². The molecule has 4 aliphatic heterocycles. The Morgan fingerprint density at radius 1 is 0.616 bits per heavy atom. The van der Waals surface area contributed by atoms with E-state index in [1.807, 2.05) is 0 Å². The number of rotatable bonds is 15. The zero-order valence-corrected chi connectivity index (χ0v) is 66.7. The quantitative estimate of drug-likeness (QED) is 0.165. The van der Waals surface area contributed by atoms with Gasteiger partial charge in [0, 0.05) is 101 Å². The second-order valence-corrected chi connectivity index (χ2v) is 32.5. The van der Waals surface area contributed by atoms with E-state index < -0.39 is 230 Å². The maximum atomic E-state index is 16.0. The number of amides is 12. The summed E-state index contributed by atoms with van der Waals surface area (Å²) in [5, 5.41) is 8.44. The van der Waals surface area contributed by atoms with Crippen LogP contribution in [0.25, 0.3) is 0 Å². The number of alkyl halides is 8. The van der Waals surface area contributed by atoms with Crippen LogP contribution >= 0.6 is 0 Å². The first-order chi connectivity index (χ1) is 52.9. The van der Waals surface area contributed by atoms with Crippen LogP contribution in [-0.4, -0.2) is 314 Å². The molecule has 27 nitrogen and oxygen atoms in total. The van der Waals surface area contributed by atoms with Crippen molar-refractivity contribution in [2.45, 2.75) is 266 Å². The molecule has 8 rings (SSSR count). The minimum Gasteiger partial charge on any atom is -0.385 e. The second kappa shape index (κ2) is 40.0. The summed E-state index contributed by atoms with van der Waals surface area (Å²) in [6, 6.07) is -11.5. The van der Waals surface area contributed by atoms with Gasteiger partial charge in [-0.25, -0.2) is 8.78 Å². The minimum atomic E-state index is -5.22. The summed E-state index contributed by atoms with van der Waals surface area (Å²) in [5.74, 6) is -16.7. The number of ether oxygens (including phenoxy) is 3. The summed E-state index contributed by atoms with van der Waals surface area (Å²) in [4.78, 5) is 194. The Balaban J connectivity index is 1.22. The molecule has 1 spiro atoms. The number of nitrogens with zero attached hydrogens (tertiary/aromatic N) is 9. The minimum absolute atomic E-state index is 0.00316. The van der Waals surface area contributed by atoms with Crippen molar-refractivity contribution in [2.75, 3.05) is 115 Å². The van der Waals surface area contributed by atoms with Crippen LogP contribution in [0.5, 0.6) is 0 Å². The number of carbonyl (C=O) groups is 12. The van der Waals surface area contributed by atoms with Gasteiger partial charge in [0.25, 0.3) is 0 Å². The Hall–Kier alpha value is -7.04. The molecular weight excluding hydrogens is 1480 g/mol. The van der Waals surface area contributed by atoms with E-state index in [4.69, 9.17) is 14.2 Å². The van der Waals surface area contributed by atoms with E-state index in [2.05, 4.69) is 16.0 Å². The fraction of sp³-hybridized carbons (Fsp3) is 0.844. The highest BCUT2D eigenvalue weighted by molar-refractivity contribution is 6.01. The van der Waals surface area contributed by atoms with E-state index in [9.17, 15) is 45.5 Å². The summed E-state index contributed by atoms with van der Waals surface area (Å²) in [7, 11) is 8.07. The largest absolute Gasteiger partial charge is 0.397 e. The summed E-state index contributed by atoms with van der Waals surface area (Å²) < 4.78 is 133. The van der Waals surface area contributed by atoms with Gasteiger partial charge < -0.3 is 74.3 Å². The standard InChI is InChI=1S/C77H120F8N12O15/c1-11-46(4)64-72(107)90(6)45-62(100)92(8)56-22-15-14-18-32-96(71(56)106)58(40-47-23-26-50(27-24-47)76(80,81)82)69(104)89(5)44-60(98)86-54(28-25-48-38-52(78)63(53(79)39-48)77(83,84)85)68(103)97-43-51(112-13-3)41-57(97)67(102)88-75(30-19-31-75)74(109)93(9)65(49-20-16-17-21-49)73(108)95(12-2)59(70(105)94-33-36-111-37-34-94)42-61(99)91(7)55(29-35-110-10)66(101)87-64/h46-59,63-65H,11-45H2,1-10H3,(H,86,98)(H,87,101)(H,88,102)/t46-,47?,48?,50?,51+,52?,53?,54-,55-,56-,57-,58-,59-,63?,64-,65-/m0/s1. The Morgan fingerprint density at radius 2 is 1.25 bits per heavy atom. The zero-order chi connectivity index (χ0) is 82.4. The Bertz CT molecular complexity index is 3270. The highest BCUT2D eigenvalue weighted by atomic mass is 19.4. The summed E-state index contributed by atoms with van der Waals surface area (Å²) in [6.07, 6.45) is -15.6. The van der Waals surface area contributed by atoms with Crippen LogP contribution in [0.2, 0.25) is 0 Å². The van der Waals surface area contributed by atoms with Crippen LogP contribution < -0.4 is 16.0 Å². The van der Waals surface area contributed by atoms with E-state index in [1.165, 1.54) is 61.9 Å². The number of hydrogen-bond donors (Lipinski definition) is 3. The monoisotopic (exact) mass is 1600 g/mol. The van der Waals surface area contributed by atoms with Crippen LogP contribution in [0.3, 0.4) is 0 Å². The first kappa shape index (κ1) is 90.5. The van der Waals surface area contributed by atoms with Gasteiger partial charge in [-0.3, -0.25) is 57.5 Å². The van der Waals surface area contributed by atoms with Gasteiger partial charge in [-0.15, -0.1) is 0 Å². The first-order valence-corrected chi connectivity index (χ1v) is 40.4. The SMILES string of the molecule is CCO[C@@H]1C[C@H]2C(=O)NC3(CCC3)C(=O)N(C)[C@@H](C3CCCC3)C(=O)N(CC)[C@H](C(=O)N3CCOCC3)CC(=O)N(C)[C@@H](CCOC)C(=O)N[C@@H]([C@@H](C)CC)C(=O)N(C)CC(=O)N(C)[C@H]3CCCCCN(C3=O)[C@@H](CC3CCC(C(F)(F)F)CC3)C(=O)N(C)CC(=O)N[C@@H](CCC3CC(F)C(C(F)(F)F)C(F)C3)C(=O)N2C1. The van der Waals surface area contributed by atoms with E-state index in [0.717, 1.165) is 24.5 Å². The molecule has 4 aliphatic carbocycles. The van der Waals surface area contributed by atoms with Crippen molar-refractivity contribution in [1.82, 2.24) is 60.0 Å². The zero-order valence-electron chi connectivity index (χ0n) is 66.7. The second-order valence-electron chi connectivity index (χ2n) is 32.5. The number of carbonyl (C=O) groups excluding carboxylic acids is 12. The predicted octanol–water partition coefficient (Wildman–Crippen LogP) is 5.73. The molecule has 0 aromatic carbocycles. The van der Waals surface area contributed by atoms with Crippen molar-refractivity contribution in [2.24, 2.45) is 35.5 Å². The molecule has 12 atom stereocenters. The molecule has 0 aromatic heterocycles. The van der Waals surface area contributed by atoms with Crippen molar-refractivity contribution in [3.05, 3.63) is 0 Å². The van der Waals surface area contributed by atoms with Crippen LogP contribution in [0, 0.1) is 35.5 Å². The molecule has 4 heterocycles. The number of methoxy groups -OCH3 is 1. The van der Waals surface area contributed by atoms with Crippen molar-refractivity contribution >= 4 is 70.9 Å². The molecule has 0 aromatic rings. The highest BCUT2D eigenvalue weighted by Crippen LogP contribution is 2.46. The molecule has 0 radical (unpaired) electrons. The van der Waals surface area contributed by atoms with Crippen LogP contribution in [0.1, 0.15) is 182 Å². The lowest BCUT2D eigenvalue weighted by Crippen LogP contribution is -2.68. The fourth-order valence-corrected chi connectivity index (χ4v) is 18.1. The molecule has 2 unspecified atom stereocenters. The van der Waals surface area contributed by atoms with Crippen molar-refractivity contribution in [1.29, 1.82) is 0 Å². The van der Waals surface area contributed by atoms with Gasteiger partial charge >= 0.3 is 12.4 Å². The number of hydrogen-bond acceptors (Lipinski definition) is 15. The smallest absolute Gasteiger partial charge is 0.385 e. The third kappa shape index (κ3) is 21.9. The third-order valence-electron chi connectivity index (χ3n) is 25.2. The number of morpholine rings is 1. The van der Waals surface area contributed by atoms with Gasteiger partial charge in [0.1, 0.15) is 72.1 Å². The fourth-order valence-electron chi connectivity index (χ4n) is 18.1. The molecule has 8 aliphatic rings. The van der Waals surface area contributed by atoms with Crippen molar-refractivity contribution < 1.29 is 107 Å². The van der Waals surface area contributed by atoms with Gasteiger partial charge in [-0.05, 0) is 140 Å². The lowest BCUT2D eigenvalue weighted by atomic mass is 9.74. The average Bonchev–Trinajstić information content (AvgIpc) is 1.26. The summed E-state index contributed by atoms with van der Waals surface area (Å²) in [6.45, 7) is 5.17. The Kier molecular flexibility index (Phi) is 32.3. The van der Waals surface area contributed by atoms with Gasteiger partial charge in [0.05, 0.1) is 44.7 Å². The molecule has 35 heteroatoms. The maximum Gasteiger partial charge on any atom is 0.397 e. The van der Waals surface area contributed by atoms with Crippen LogP contribution in [0.15, 0.2) is 0 Å². The summed E-state index contributed by atoms with van der Waals surface area (Å²) >= 11 is 0. The average molecular weight is 1610 g/mol. The number of fused-ring (bicyclic) bond motifs is 3. The molecule has 4 saturated heterocycles. The molecule has 12 amide bonds. The molecule has 634 valence electrons.